The zero-order valence-electron chi connectivity index (χ0n) is 6.07. The zero-order valence-corrected chi connectivity index (χ0v) is 7.65. The van der Waals surface area contributed by atoms with Gasteiger partial charge in [-0.3, -0.25) is 0 Å². The van der Waals surface area contributed by atoms with Crippen LogP contribution in [0.5, 0.6) is 5.88 Å². The highest BCUT2D eigenvalue weighted by molar-refractivity contribution is 9.06. The summed E-state index contributed by atoms with van der Waals surface area (Å²) in [6.07, 6.45) is 1.70. The Balaban J connectivity index is 2.79. The lowest BCUT2D eigenvalue weighted by molar-refractivity contribution is 0.638. The fourth-order valence-electron chi connectivity index (χ4n) is 1.06. The first-order valence-corrected chi connectivity index (χ1v) is 4.05. The van der Waals surface area contributed by atoms with Gasteiger partial charge in [0.25, 0.3) is 5.88 Å². The molecule has 0 saturated heterocycles. The zero-order chi connectivity index (χ0) is 8.39. The summed E-state index contributed by atoms with van der Waals surface area (Å²) in [6.45, 7) is 0. The maximum Gasteiger partial charge on any atom is 0.254 e. The molecule has 60 valence electrons. The number of rotatable bonds is 1. The van der Waals surface area contributed by atoms with Crippen LogP contribution in [0.4, 0.5) is 0 Å². The molecular formula is C8H5BrN2O. The standard InChI is InChI=1S/C8H5BrN2O/c9-12-8-7-4-2-1-3-6(7)5-10-11-8/h1-5H. The average Bonchev–Trinajstić information content (AvgIpc) is 2.17. The summed E-state index contributed by atoms with van der Waals surface area (Å²) in [5.41, 5.74) is 0. The number of fused-ring (bicyclic) bond motifs is 1. The molecular weight excluding hydrogens is 220 g/mol. The van der Waals surface area contributed by atoms with Crippen molar-refractivity contribution < 1.29 is 3.83 Å². The SMILES string of the molecule is BrOc1nncc2ccccc12. The van der Waals surface area contributed by atoms with E-state index >= 15 is 0 Å². The summed E-state index contributed by atoms with van der Waals surface area (Å²) in [5, 5.41) is 9.55. The molecule has 0 fully saturated rings. The van der Waals surface area contributed by atoms with E-state index < -0.39 is 0 Å². The summed E-state index contributed by atoms with van der Waals surface area (Å²) in [4.78, 5) is 0. The molecule has 0 atom stereocenters. The van der Waals surface area contributed by atoms with Crippen LogP contribution in [0.2, 0.25) is 0 Å². The monoisotopic (exact) mass is 224 g/mol. The molecule has 0 bridgehead atoms. The molecule has 0 N–H and O–H groups in total. The van der Waals surface area contributed by atoms with Crippen molar-refractivity contribution >= 4 is 27.0 Å². The second kappa shape index (κ2) is 3.06. The number of hydrogen-bond acceptors (Lipinski definition) is 3. The lowest BCUT2D eigenvalue weighted by atomic mass is 10.2. The number of halogens is 1. The van der Waals surface area contributed by atoms with Crippen LogP contribution in [0.1, 0.15) is 0 Å². The van der Waals surface area contributed by atoms with Crippen molar-refractivity contribution in [2.24, 2.45) is 0 Å². The van der Waals surface area contributed by atoms with Crippen molar-refractivity contribution in [3.05, 3.63) is 30.5 Å². The van der Waals surface area contributed by atoms with E-state index in [2.05, 4.69) is 26.5 Å². The minimum atomic E-state index is 0.494. The summed E-state index contributed by atoms with van der Waals surface area (Å²) >= 11 is 2.88. The molecule has 0 amide bonds. The van der Waals surface area contributed by atoms with Gasteiger partial charge in [-0.15, -0.1) is 5.10 Å². The molecule has 0 radical (unpaired) electrons. The molecule has 1 aromatic heterocycles. The summed E-state index contributed by atoms with van der Waals surface area (Å²) in [7, 11) is 0. The van der Waals surface area contributed by atoms with E-state index in [1.165, 1.54) is 0 Å². The van der Waals surface area contributed by atoms with E-state index in [0.717, 1.165) is 10.8 Å². The minimum Gasteiger partial charge on any atom is -0.396 e. The lowest BCUT2D eigenvalue weighted by Gasteiger charge is -1.98. The van der Waals surface area contributed by atoms with Crippen LogP contribution in [-0.4, -0.2) is 10.2 Å². The van der Waals surface area contributed by atoms with Crippen molar-refractivity contribution in [2.75, 3.05) is 0 Å². The summed E-state index contributed by atoms with van der Waals surface area (Å²) in [6, 6.07) is 7.77. The minimum absolute atomic E-state index is 0.494. The second-order valence-electron chi connectivity index (χ2n) is 2.31. The molecule has 0 saturated carbocycles. The first-order chi connectivity index (χ1) is 5.92. The highest BCUT2D eigenvalue weighted by atomic mass is 79.9. The van der Waals surface area contributed by atoms with Crippen LogP contribution in [0.15, 0.2) is 30.5 Å². The largest absolute Gasteiger partial charge is 0.396 e. The van der Waals surface area contributed by atoms with E-state index in [1.54, 1.807) is 6.20 Å². The van der Waals surface area contributed by atoms with Crippen molar-refractivity contribution in [3.63, 3.8) is 0 Å². The van der Waals surface area contributed by atoms with Crippen molar-refractivity contribution in [1.82, 2.24) is 10.2 Å². The number of nitrogens with zero attached hydrogens (tertiary/aromatic N) is 2. The van der Waals surface area contributed by atoms with Crippen LogP contribution in [0.25, 0.3) is 10.8 Å². The van der Waals surface area contributed by atoms with E-state index in [4.69, 9.17) is 3.83 Å². The van der Waals surface area contributed by atoms with Crippen LogP contribution >= 0.6 is 16.3 Å². The molecule has 0 aliphatic carbocycles. The average molecular weight is 225 g/mol. The maximum absolute atomic E-state index is 4.87. The molecule has 0 aliphatic heterocycles. The predicted octanol–water partition coefficient (Wildman–Crippen LogP) is 2.32. The first kappa shape index (κ1) is 7.49. The Hall–Kier alpha value is -1.16. The highest BCUT2D eigenvalue weighted by Crippen LogP contribution is 2.22. The number of benzene rings is 1. The van der Waals surface area contributed by atoms with Gasteiger partial charge in [-0.1, -0.05) is 18.2 Å². The van der Waals surface area contributed by atoms with Gasteiger partial charge in [0.05, 0.1) is 6.20 Å². The van der Waals surface area contributed by atoms with Crippen LogP contribution in [0.3, 0.4) is 0 Å². The second-order valence-corrected chi connectivity index (χ2v) is 2.64. The van der Waals surface area contributed by atoms with Crippen LogP contribution in [0, 0.1) is 0 Å². The van der Waals surface area contributed by atoms with Gasteiger partial charge in [0.15, 0.2) is 16.3 Å². The van der Waals surface area contributed by atoms with E-state index in [0.29, 0.717) is 5.88 Å². The molecule has 0 spiro atoms. The van der Waals surface area contributed by atoms with Crippen molar-refractivity contribution in [1.29, 1.82) is 0 Å². The highest BCUT2D eigenvalue weighted by Gasteiger charge is 2.01. The Morgan fingerprint density at radius 3 is 2.92 bits per heavy atom. The molecule has 12 heavy (non-hydrogen) atoms. The quantitative estimate of drug-likeness (QED) is 0.746. The van der Waals surface area contributed by atoms with E-state index in [1.807, 2.05) is 24.3 Å². The smallest absolute Gasteiger partial charge is 0.254 e. The van der Waals surface area contributed by atoms with E-state index in [9.17, 15) is 0 Å². The Bertz CT molecular complexity index is 400. The van der Waals surface area contributed by atoms with Gasteiger partial charge in [0, 0.05) is 10.8 Å². The molecule has 1 heterocycles. The van der Waals surface area contributed by atoms with Gasteiger partial charge < -0.3 is 3.83 Å². The third-order valence-corrected chi connectivity index (χ3v) is 1.92. The normalized spacial score (nSPS) is 10.1. The summed E-state index contributed by atoms with van der Waals surface area (Å²) < 4.78 is 4.87. The van der Waals surface area contributed by atoms with Gasteiger partial charge in [0.1, 0.15) is 0 Å². The van der Waals surface area contributed by atoms with Gasteiger partial charge >= 0.3 is 0 Å². The van der Waals surface area contributed by atoms with Gasteiger partial charge in [-0.05, 0) is 6.07 Å². The van der Waals surface area contributed by atoms with E-state index in [-0.39, 0.29) is 0 Å². The third kappa shape index (κ3) is 1.14. The Morgan fingerprint density at radius 2 is 2.08 bits per heavy atom. The molecule has 2 aromatic rings. The predicted molar refractivity (Wildman–Crippen MR) is 49.1 cm³/mol. The molecule has 0 aliphatic rings. The van der Waals surface area contributed by atoms with Crippen LogP contribution in [-0.2, 0) is 0 Å². The van der Waals surface area contributed by atoms with Gasteiger partial charge in [-0.2, -0.15) is 5.10 Å². The Morgan fingerprint density at radius 1 is 1.25 bits per heavy atom. The van der Waals surface area contributed by atoms with Crippen molar-refractivity contribution in [2.45, 2.75) is 0 Å². The Labute approximate surface area is 77.8 Å². The molecule has 3 nitrogen and oxygen atoms in total. The van der Waals surface area contributed by atoms with Crippen molar-refractivity contribution in [3.8, 4) is 5.88 Å². The number of hydrogen-bond donors (Lipinski definition) is 0. The molecule has 2 rings (SSSR count). The van der Waals surface area contributed by atoms with Gasteiger partial charge in [-0.25, -0.2) is 0 Å². The first-order valence-electron chi connectivity index (χ1n) is 3.41. The fourth-order valence-corrected chi connectivity index (χ4v) is 1.30. The number of aromatic nitrogens is 2. The third-order valence-electron chi connectivity index (χ3n) is 1.61. The molecule has 1 aromatic carbocycles. The fraction of sp³-hybridized carbons (Fsp3) is 0. The molecule has 0 unspecified atom stereocenters. The topological polar surface area (TPSA) is 35.0 Å². The Kier molecular flexibility index (Phi) is 1.91. The summed E-state index contributed by atoms with van der Waals surface area (Å²) in [5.74, 6) is 0.494. The van der Waals surface area contributed by atoms with Crippen LogP contribution < -0.4 is 3.83 Å². The maximum atomic E-state index is 4.87. The molecule has 4 heteroatoms. The van der Waals surface area contributed by atoms with Gasteiger partial charge in [0.2, 0.25) is 0 Å². The lowest BCUT2D eigenvalue weighted by Crippen LogP contribution is -1.86.